The number of hydrogen-bond acceptors (Lipinski definition) is 3. The fourth-order valence-corrected chi connectivity index (χ4v) is 4.30. The van der Waals surface area contributed by atoms with Crippen molar-refractivity contribution in [2.24, 2.45) is 0 Å². The fraction of sp³-hybridized carbons (Fsp3) is 0.318. The summed E-state index contributed by atoms with van der Waals surface area (Å²) >= 11 is 9.65. The molecule has 0 bridgehead atoms. The molecular formula is C22H21BrClF3N2O3. The van der Waals surface area contributed by atoms with Crippen molar-refractivity contribution in [3.63, 3.8) is 0 Å². The van der Waals surface area contributed by atoms with E-state index < -0.39 is 12.1 Å². The van der Waals surface area contributed by atoms with Crippen molar-refractivity contribution in [2.75, 3.05) is 13.2 Å². The number of carboxylic acids is 1. The van der Waals surface area contributed by atoms with Gasteiger partial charge in [-0.3, -0.25) is 0 Å². The van der Waals surface area contributed by atoms with Gasteiger partial charge in [-0.15, -0.1) is 0 Å². The van der Waals surface area contributed by atoms with Crippen LogP contribution in [0.25, 0.3) is 10.9 Å². The van der Waals surface area contributed by atoms with Crippen LogP contribution in [0.15, 0.2) is 46.9 Å². The number of benzene rings is 2. The van der Waals surface area contributed by atoms with E-state index in [9.17, 15) is 13.2 Å². The molecule has 0 fully saturated rings. The second-order valence-electron chi connectivity index (χ2n) is 7.10. The SMILES string of the molecule is Clc1ccc(OCCCn2c3c(c4c(Br)cccc42)CCNC3)cc1.O=C(O)C(F)(F)F. The summed E-state index contributed by atoms with van der Waals surface area (Å²) in [5.74, 6) is -1.89. The second kappa shape index (κ2) is 10.6. The van der Waals surface area contributed by atoms with E-state index in [-0.39, 0.29) is 0 Å². The molecule has 0 atom stereocenters. The zero-order valence-electron chi connectivity index (χ0n) is 16.9. The number of rotatable bonds is 5. The minimum absolute atomic E-state index is 0.692. The summed E-state index contributed by atoms with van der Waals surface area (Å²) in [7, 11) is 0. The number of fused-ring (bicyclic) bond motifs is 3. The molecule has 0 spiro atoms. The molecule has 0 amide bonds. The minimum atomic E-state index is -5.08. The number of alkyl halides is 3. The molecule has 4 rings (SSSR count). The minimum Gasteiger partial charge on any atom is -0.494 e. The maximum absolute atomic E-state index is 10.6. The van der Waals surface area contributed by atoms with Crippen LogP contribution in [-0.4, -0.2) is 35.0 Å². The number of ether oxygens (including phenoxy) is 1. The number of carboxylic acid groups (broad SMARTS) is 1. The molecule has 0 unspecified atom stereocenters. The molecule has 2 aromatic carbocycles. The Morgan fingerprint density at radius 3 is 2.56 bits per heavy atom. The highest BCUT2D eigenvalue weighted by Crippen LogP contribution is 2.34. The lowest BCUT2D eigenvalue weighted by atomic mass is 10.0. The number of aromatic nitrogens is 1. The van der Waals surface area contributed by atoms with Crippen LogP contribution in [0.4, 0.5) is 13.2 Å². The maximum atomic E-state index is 10.6. The molecule has 1 aliphatic heterocycles. The van der Waals surface area contributed by atoms with Gasteiger partial charge in [0.25, 0.3) is 0 Å². The lowest BCUT2D eigenvalue weighted by Gasteiger charge is -2.17. The average molecular weight is 534 g/mol. The van der Waals surface area contributed by atoms with Gasteiger partial charge in [0.2, 0.25) is 0 Å². The molecule has 3 aromatic rings. The van der Waals surface area contributed by atoms with E-state index in [2.05, 4.69) is 44.0 Å². The number of aliphatic carboxylic acids is 1. The zero-order chi connectivity index (χ0) is 23.3. The Morgan fingerprint density at radius 1 is 1.22 bits per heavy atom. The monoisotopic (exact) mass is 532 g/mol. The van der Waals surface area contributed by atoms with Gasteiger partial charge in [0, 0.05) is 39.2 Å². The summed E-state index contributed by atoms with van der Waals surface area (Å²) in [6.45, 7) is 3.64. The van der Waals surface area contributed by atoms with Gasteiger partial charge >= 0.3 is 12.1 Å². The van der Waals surface area contributed by atoms with Crippen LogP contribution < -0.4 is 10.1 Å². The van der Waals surface area contributed by atoms with Crippen molar-refractivity contribution in [3.05, 3.63) is 63.2 Å². The average Bonchev–Trinajstić information content (AvgIpc) is 3.07. The summed E-state index contributed by atoms with van der Waals surface area (Å²) in [4.78, 5) is 8.90. The Bertz CT molecular complexity index is 1080. The van der Waals surface area contributed by atoms with Crippen molar-refractivity contribution in [1.29, 1.82) is 0 Å². The summed E-state index contributed by atoms with van der Waals surface area (Å²) in [5, 5.41) is 12.7. The first-order valence-corrected chi connectivity index (χ1v) is 11.0. The molecule has 0 saturated heterocycles. The molecule has 5 nitrogen and oxygen atoms in total. The molecule has 2 heterocycles. The molecule has 10 heteroatoms. The zero-order valence-corrected chi connectivity index (χ0v) is 19.2. The van der Waals surface area contributed by atoms with Crippen LogP contribution in [0.1, 0.15) is 17.7 Å². The summed E-state index contributed by atoms with van der Waals surface area (Å²) in [6.07, 6.45) is -3.03. The van der Waals surface area contributed by atoms with E-state index in [4.69, 9.17) is 26.2 Å². The Balaban J connectivity index is 0.000000360. The molecular weight excluding hydrogens is 513 g/mol. The fourth-order valence-electron chi connectivity index (χ4n) is 3.58. The summed E-state index contributed by atoms with van der Waals surface area (Å²) < 4.78 is 41.2. The first-order valence-electron chi connectivity index (χ1n) is 9.86. The Morgan fingerprint density at radius 2 is 1.91 bits per heavy atom. The molecule has 0 saturated carbocycles. The van der Waals surface area contributed by atoms with Crippen molar-refractivity contribution in [3.8, 4) is 5.75 Å². The maximum Gasteiger partial charge on any atom is 0.490 e. The number of nitrogens with one attached hydrogen (secondary N) is 1. The lowest BCUT2D eigenvalue weighted by Crippen LogP contribution is -2.25. The van der Waals surface area contributed by atoms with Crippen LogP contribution >= 0.6 is 27.5 Å². The number of halogens is 5. The molecule has 0 aliphatic carbocycles. The van der Waals surface area contributed by atoms with Crippen molar-refractivity contribution >= 4 is 44.4 Å². The van der Waals surface area contributed by atoms with E-state index in [0.29, 0.717) is 6.61 Å². The first kappa shape index (κ1) is 24.4. The van der Waals surface area contributed by atoms with Crippen LogP contribution in [0.2, 0.25) is 5.02 Å². The van der Waals surface area contributed by atoms with E-state index in [1.807, 2.05) is 24.3 Å². The van der Waals surface area contributed by atoms with Crippen LogP contribution in [-0.2, 0) is 24.3 Å². The van der Waals surface area contributed by atoms with Gasteiger partial charge in [0.05, 0.1) is 6.61 Å². The molecule has 2 N–H and O–H groups in total. The van der Waals surface area contributed by atoms with Crippen molar-refractivity contribution in [1.82, 2.24) is 9.88 Å². The van der Waals surface area contributed by atoms with Crippen LogP contribution in [0.3, 0.4) is 0 Å². The third kappa shape index (κ3) is 5.96. The first-order chi connectivity index (χ1) is 15.2. The van der Waals surface area contributed by atoms with Gasteiger partial charge in [0.15, 0.2) is 0 Å². The molecule has 0 radical (unpaired) electrons. The van der Waals surface area contributed by atoms with Gasteiger partial charge in [-0.25, -0.2) is 4.79 Å². The standard InChI is InChI=1S/C20H20BrClN2O.C2HF3O2/c21-17-3-1-4-18-20(17)16-9-10-23-13-19(16)24(18)11-2-12-25-15-7-5-14(22)6-8-15;3-2(4,5)1(6)7/h1,3-8,23H,2,9-13H2;(H,6,7). The van der Waals surface area contributed by atoms with Gasteiger partial charge in [-0.05, 0) is 61.3 Å². The number of aryl methyl sites for hydroxylation is 1. The van der Waals surface area contributed by atoms with Crippen molar-refractivity contribution in [2.45, 2.75) is 32.1 Å². The van der Waals surface area contributed by atoms with Crippen molar-refractivity contribution < 1.29 is 27.8 Å². The smallest absolute Gasteiger partial charge is 0.490 e. The Labute approximate surface area is 196 Å². The van der Waals surface area contributed by atoms with E-state index in [1.165, 1.54) is 26.6 Å². The number of carbonyl (C=O) groups is 1. The highest BCUT2D eigenvalue weighted by Gasteiger charge is 2.38. The van der Waals surface area contributed by atoms with Gasteiger partial charge in [-0.2, -0.15) is 13.2 Å². The van der Waals surface area contributed by atoms with Gasteiger partial charge in [-0.1, -0.05) is 33.6 Å². The second-order valence-corrected chi connectivity index (χ2v) is 8.39. The quantitative estimate of drug-likeness (QED) is 0.407. The lowest BCUT2D eigenvalue weighted by molar-refractivity contribution is -0.192. The topological polar surface area (TPSA) is 63.5 Å². The van der Waals surface area contributed by atoms with E-state index in [1.54, 1.807) is 0 Å². The van der Waals surface area contributed by atoms with Gasteiger partial charge < -0.3 is 19.7 Å². The molecule has 172 valence electrons. The third-order valence-corrected chi connectivity index (χ3v) is 5.87. The molecule has 32 heavy (non-hydrogen) atoms. The van der Waals surface area contributed by atoms with Crippen LogP contribution in [0, 0.1) is 0 Å². The van der Waals surface area contributed by atoms with E-state index >= 15 is 0 Å². The normalized spacial score (nSPS) is 13.3. The van der Waals surface area contributed by atoms with Crippen LogP contribution in [0.5, 0.6) is 5.75 Å². The summed E-state index contributed by atoms with van der Waals surface area (Å²) in [5.41, 5.74) is 4.22. The van der Waals surface area contributed by atoms with E-state index in [0.717, 1.165) is 43.2 Å². The Hall–Kier alpha value is -2.23. The number of hydrogen-bond donors (Lipinski definition) is 2. The van der Waals surface area contributed by atoms with Gasteiger partial charge in [0.1, 0.15) is 5.75 Å². The number of nitrogens with zero attached hydrogens (tertiary/aromatic N) is 1. The predicted molar refractivity (Wildman–Crippen MR) is 120 cm³/mol. The highest BCUT2D eigenvalue weighted by molar-refractivity contribution is 9.10. The third-order valence-electron chi connectivity index (χ3n) is 4.95. The predicted octanol–water partition coefficient (Wildman–Crippen LogP) is 5.81. The highest BCUT2D eigenvalue weighted by atomic mass is 79.9. The molecule has 1 aromatic heterocycles. The molecule has 1 aliphatic rings. The summed E-state index contributed by atoms with van der Waals surface area (Å²) in [6, 6.07) is 14.0. The Kier molecular flexibility index (Phi) is 8.08. The largest absolute Gasteiger partial charge is 0.494 e.